The highest BCUT2D eigenvalue weighted by Gasteiger charge is 2.36. The normalized spacial score (nSPS) is 17.8. The molecule has 1 heterocycles. The standard InChI is InChI=1S/C31H42N2O4/c1-4-11-27(30(32)35)28(18-22(2)3)29(34)20-24-13-8-9-17-33(31(24)36)21-23-12-10-16-26(19-23)37-25-14-6-5-7-15-25/h5-7,10,12,14-16,19,22,24,27-28H,4,8-9,11,13,17-18,20-21H2,1-3H3,(H2,32,35)/t24-,27+,28-/m1/s1. The van der Waals surface area contributed by atoms with Crippen LogP contribution < -0.4 is 10.5 Å². The van der Waals surface area contributed by atoms with Crippen LogP contribution in [0, 0.1) is 23.7 Å². The Bertz CT molecular complexity index is 1040. The smallest absolute Gasteiger partial charge is 0.226 e. The van der Waals surface area contributed by atoms with E-state index in [-0.39, 0.29) is 29.9 Å². The first-order chi connectivity index (χ1) is 17.8. The lowest BCUT2D eigenvalue weighted by Gasteiger charge is -2.28. The summed E-state index contributed by atoms with van der Waals surface area (Å²) in [5.41, 5.74) is 6.70. The number of primary amides is 1. The fourth-order valence-electron chi connectivity index (χ4n) is 5.36. The molecule has 2 aromatic carbocycles. The van der Waals surface area contributed by atoms with E-state index in [4.69, 9.17) is 10.5 Å². The molecule has 3 atom stereocenters. The molecular formula is C31H42N2O4. The largest absolute Gasteiger partial charge is 0.457 e. The summed E-state index contributed by atoms with van der Waals surface area (Å²) in [7, 11) is 0. The molecular weight excluding hydrogens is 464 g/mol. The number of carbonyl (C=O) groups is 3. The predicted octanol–water partition coefficient (Wildman–Crippen LogP) is 6.13. The van der Waals surface area contributed by atoms with Gasteiger partial charge in [-0.05, 0) is 61.4 Å². The lowest BCUT2D eigenvalue weighted by molar-refractivity contribution is -0.140. The minimum Gasteiger partial charge on any atom is -0.457 e. The Hall–Kier alpha value is -3.15. The number of nitrogens with two attached hydrogens (primary N) is 1. The first-order valence-corrected chi connectivity index (χ1v) is 13.7. The van der Waals surface area contributed by atoms with Crippen molar-refractivity contribution in [1.82, 2.24) is 4.90 Å². The van der Waals surface area contributed by atoms with Crippen molar-refractivity contribution in [3.63, 3.8) is 0 Å². The van der Waals surface area contributed by atoms with E-state index in [0.717, 1.165) is 36.3 Å². The van der Waals surface area contributed by atoms with Gasteiger partial charge in [0.05, 0.1) is 0 Å². The van der Waals surface area contributed by atoms with Gasteiger partial charge in [0, 0.05) is 37.3 Å². The summed E-state index contributed by atoms with van der Waals surface area (Å²) < 4.78 is 5.97. The van der Waals surface area contributed by atoms with Crippen molar-refractivity contribution in [2.45, 2.75) is 72.3 Å². The quantitative estimate of drug-likeness (QED) is 0.354. The molecule has 0 bridgehead atoms. The minimum absolute atomic E-state index is 0.00408. The molecule has 2 amide bonds. The lowest BCUT2D eigenvalue weighted by atomic mass is 9.77. The van der Waals surface area contributed by atoms with E-state index in [1.165, 1.54) is 0 Å². The Kier molecular flexibility index (Phi) is 10.7. The Labute approximate surface area is 221 Å². The maximum Gasteiger partial charge on any atom is 0.226 e. The highest BCUT2D eigenvalue weighted by molar-refractivity contribution is 5.91. The number of rotatable bonds is 13. The number of para-hydroxylation sites is 1. The van der Waals surface area contributed by atoms with Gasteiger partial charge >= 0.3 is 0 Å². The van der Waals surface area contributed by atoms with E-state index < -0.39 is 17.7 Å². The molecule has 2 aromatic rings. The van der Waals surface area contributed by atoms with Gasteiger partial charge in [-0.2, -0.15) is 0 Å². The number of hydrogen-bond donors (Lipinski definition) is 1. The van der Waals surface area contributed by atoms with Crippen LogP contribution in [-0.2, 0) is 20.9 Å². The Morgan fingerprint density at radius 3 is 2.43 bits per heavy atom. The average molecular weight is 507 g/mol. The third-order valence-electron chi connectivity index (χ3n) is 7.18. The number of likely N-dealkylation sites (tertiary alicyclic amines) is 1. The zero-order valence-corrected chi connectivity index (χ0v) is 22.5. The number of Topliss-reactive ketones (excluding diaryl/α,β-unsaturated/α-hetero) is 1. The van der Waals surface area contributed by atoms with E-state index in [1.807, 2.05) is 66.4 Å². The SMILES string of the molecule is CCC[C@H](C(N)=O)[C@@H](CC(C)C)C(=O)C[C@H]1CCCCN(Cc2cccc(Oc3ccccc3)c2)C1=O. The molecule has 6 nitrogen and oxygen atoms in total. The lowest BCUT2D eigenvalue weighted by Crippen LogP contribution is -2.39. The molecule has 1 aliphatic rings. The van der Waals surface area contributed by atoms with Crippen molar-refractivity contribution >= 4 is 17.6 Å². The van der Waals surface area contributed by atoms with Gasteiger partial charge in [0.1, 0.15) is 17.3 Å². The van der Waals surface area contributed by atoms with Gasteiger partial charge in [-0.15, -0.1) is 0 Å². The topological polar surface area (TPSA) is 89.7 Å². The number of benzene rings is 2. The van der Waals surface area contributed by atoms with Gasteiger partial charge in [0.2, 0.25) is 11.8 Å². The van der Waals surface area contributed by atoms with Crippen LogP contribution in [0.3, 0.4) is 0 Å². The molecule has 2 N–H and O–H groups in total. The summed E-state index contributed by atoms with van der Waals surface area (Å²) in [6.07, 6.45) is 4.69. The maximum absolute atomic E-state index is 13.6. The van der Waals surface area contributed by atoms with Crippen LogP contribution in [0.1, 0.15) is 71.3 Å². The van der Waals surface area contributed by atoms with Gasteiger partial charge in [-0.25, -0.2) is 0 Å². The zero-order chi connectivity index (χ0) is 26.8. The summed E-state index contributed by atoms with van der Waals surface area (Å²) in [5, 5.41) is 0. The summed E-state index contributed by atoms with van der Waals surface area (Å²) in [6.45, 7) is 7.25. The summed E-state index contributed by atoms with van der Waals surface area (Å²) >= 11 is 0. The van der Waals surface area contributed by atoms with Crippen LogP contribution in [0.25, 0.3) is 0 Å². The van der Waals surface area contributed by atoms with Gasteiger partial charge in [0.15, 0.2) is 0 Å². The summed E-state index contributed by atoms with van der Waals surface area (Å²) in [4.78, 5) is 41.2. The number of hydrogen-bond acceptors (Lipinski definition) is 4. The molecule has 0 saturated carbocycles. The van der Waals surface area contributed by atoms with E-state index in [1.54, 1.807) is 0 Å². The maximum atomic E-state index is 13.6. The highest BCUT2D eigenvalue weighted by atomic mass is 16.5. The molecule has 200 valence electrons. The van der Waals surface area contributed by atoms with Crippen LogP contribution >= 0.6 is 0 Å². The Morgan fingerprint density at radius 2 is 1.76 bits per heavy atom. The first kappa shape index (κ1) is 28.4. The van der Waals surface area contributed by atoms with Gasteiger partial charge in [-0.3, -0.25) is 14.4 Å². The van der Waals surface area contributed by atoms with E-state index in [2.05, 4.69) is 13.8 Å². The number of ketones is 1. The Morgan fingerprint density at radius 1 is 1.03 bits per heavy atom. The van der Waals surface area contributed by atoms with E-state index in [0.29, 0.717) is 32.4 Å². The molecule has 1 saturated heterocycles. The van der Waals surface area contributed by atoms with Crippen molar-refractivity contribution < 1.29 is 19.1 Å². The number of carbonyl (C=O) groups excluding carboxylic acids is 3. The molecule has 0 spiro atoms. The van der Waals surface area contributed by atoms with Crippen molar-refractivity contribution in [3.05, 3.63) is 60.2 Å². The number of amides is 2. The molecule has 0 radical (unpaired) electrons. The minimum atomic E-state index is -0.468. The van der Waals surface area contributed by atoms with Crippen molar-refractivity contribution in [3.8, 4) is 11.5 Å². The molecule has 37 heavy (non-hydrogen) atoms. The molecule has 3 rings (SSSR count). The molecule has 0 aliphatic carbocycles. The third kappa shape index (κ3) is 8.44. The summed E-state index contributed by atoms with van der Waals surface area (Å²) in [5.74, 6) is 0.118. The molecule has 1 aliphatic heterocycles. The van der Waals surface area contributed by atoms with Crippen LogP contribution in [0.5, 0.6) is 11.5 Å². The number of ether oxygens (including phenoxy) is 1. The average Bonchev–Trinajstić information content (AvgIpc) is 3.03. The highest BCUT2D eigenvalue weighted by Crippen LogP contribution is 2.31. The molecule has 6 heteroatoms. The first-order valence-electron chi connectivity index (χ1n) is 13.7. The molecule has 0 unspecified atom stereocenters. The van der Waals surface area contributed by atoms with Crippen molar-refractivity contribution in [2.24, 2.45) is 29.4 Å². The van der Waals surface area contributed by atoms with Crippen LogP contribution in [-0.4, -0.2) is 29.0 Å². The monoisotopic (exact) mass is 506 g/mol. The second-order valence-corrected chi connectivity index (χ2v) is 10.7. The second kappa shape index (κ2) is 14.0. The van der Waals surface area contributed by atoms with Gasteiger partial charge < -0.3 is 15.4 Å². The number of nitrogens with zero attached hydrogens (tertiary/aromatic N) is 1. The van der Waals surface area contributed by atoms with Crippen LogP contribution in [0.15, 0.2) is 54.6 Å². The zero-order valence-electron chi connectivity index (χ0n) is 22.5. The Balaban J connectivity index is 1.71. The predicted molar refractivity (Wildman–Crippen MR) is 146 cm³/mol. The second-order valence-electron chi connectivity index (χ2n) is 10.7. The van der Waals surface area contributed by atoms with Crippen LogP contribution in [0.4, 0.5) is 0 Å². The fourth-order valence-corrected chi connectivity index (χ4v) is 5.36. The van der Waals surface area contributed by atoms with Crippen LogP contribution in [0.2, 0.25) is 0 Å². The van der Waals surface area contributed by atoms with Gasteiger partial charge in [0.25, 0.3) is 0 Å². The van der Waals surface area contributed by atoms with Crippen molar-refractivity contribution in [1.29, 1.82) is 0 Å². The van der Waals surface area contributed by atoms with E-state index >= 15 is 0 Å². The third-order valence-corrected chi connectivity index (χ3v) is 7.18. The van der Waals surface area contributed by atoms with Crippen molar-refractivity contribution in [2.75, 3.05) is 6.54 Å². The fraction of sp³-hybridized carbons (Fsp3) is 0.516. The van der Waals surface area contributed by atoms with Gasteiger partial charge in [-0.1, -0.05) is 63.9 Å². The van der Waals surface area contributed by atoms with E-state index in [9.17, 15) is 14.4 Å². The molecule has 0 aromatic heterocycles. The summed E-state index contributed by atoms with van der Waals surface area (Å²) in [6, 6.07) is 17.4. The molecule has 1 fully saturated rings.